The van der Waals surface area contributed by atoms with Gasteiger partial charge >= 0.3 is 6.09 Å². The van der Waals surface area contributed by atoms with Crippen LogP contribution >= 0.6 is 0 Å². The van der Waals surface area contributed by atoms with Gasteiger partial charge in [-0.05, 0) is 105 Å². The predicted molar refractivity (Wildman–Crippen MR) is 145 cm³/mol. The van der Waals surface area contributed by atoms with Crippen LogP contribution in [0.4, 0.5) is 9.18 Å². The third kappa shape index (κ3) is 7.71. The number of aryl methyl sites for hydroxylation is 1. The standard InChI is InChI=1S/C30H35FN2O5/c1-18-10-24(31)8-9-27(18)22-11-20(17-32-29(35)38-30(3,4)5)12-23(13-22)28(34)33-19(2)21-14-25(36-6)16-26(15-21)37-7/h8-16,19H,17H2,1-7H3,(H,32,35)(H,33,34). The molecule has 0 radical (unpaired) electrons. The molecule has 3 aromatic rings. The van der Waals surface area contributed by atoms with Crippen molar-refractivity contribution in [3.05, 3.63) is 82.7 Å². The predicted octanol–water partition coefficient (Wildman–Crippen LogP) is 6.33. The number of hydrogen-bond acceptors (Lipinski definition) is 5. The highest BCUT2D eigenvalue weighted by Crippen LogP contribution is 2.29. The summed E-state index contributed by atoms with van der Waals surface area (Å²) in [5.74, 6) is 0.586. The second-order valence-electron chi connectivity index (χ2n) is 10.1. The zero-order chi connectivity index (χ0) is 28.0. The van der Waals surface area contributed by atoms with Crippen LogP contribution in [-0.4, -0.2) is 31.8 Å². The molecule has 1 unspecified atom stereocenters. The molecule has 2 amide bonds. The fourth-order valence-electron chi connectivity index (χ4n) is 3.96. The summed E-state index contributed by atoms with van der Waals surface area (Å²) in [5, 5.41) is 5.75. The van der Waals surface area contributed by atoms with Crippen molar-refractivity contribution in [3.8, 4) is 22.6 Å². The number of carbonyl (C=O) groups excluding carboxylic acids is 2. The van der Waals surface area contributed by atoms with Gasteiger partial charge in [0.05, 0.1) is 20.3 Å². The van der Waals surface area contributed by atoms with E-state index in [0.29, 0.717) is 22.6 Å². The van der Waals surface area contributed by atoms with Crippen molar-refractivity contribution < 1.29 is 28.2 Å². The van der Waals surface area contributed by atoms with E-state index in [1.807, 2.05) is 32.0 Å². The maximum absolute atomic E-state index is 13.8. The van der Waals surface area contributed by atoms with Gasteiger partial charge in [-0.1, -0.05) is 6.07 Å². The highest BCUT2D eigenvalue weighted by atomic mass is 19.1. The van der Waals surface area contributed by atoms with Crippen molar-refractivity contribution in [1.29, 1.82) is 0 Å². The first-order valence-corrected chi connectivity index (χ1v) is 12.3. The summed E-state index contributed by atoms with van der Waals surface area (Å²) in [6.45, 7) is 9.17. The van der Waals surface area contributed by atoms with E-state index in [2.05, 4.69) is 10.6 Å². The van der Waals surface area contributed by atoms with E-state index in [0.717, 1.165) is 22.3 Å². The summed E-state index contributed by atoms with van der Waals surface area (Å²) in [5.41, 5.74) is 3.50. The van der Waals surface area contributed by atoms with Gasteiger partial charge in [0.25, 0.3) is 5.91 Å². The second-order valence-corrected chi connectivity index (χ2v) is 10.1. The van der Waals surface area contributed by atoms with E-state index < -0.39 is 11.7 Å². The highest BCUT2D eigenvalue weighted by Gasteiger charge is 2.18. The van der Waals surface area contributed by atoms with Crippen LogP contribution in [0.5, 0.6) is 11.5 Å². The quantitative estimate of drug-likeness (QED) is 0.361. The van der Waals surface area contributed by atoms with Crippen molar-refractivity contribution in [2.24, 2.45) is 0 Å². The normalized spacial score (nSPS) is 11.9. The first-order chi connectivity index (χ1) is 17.9. The molecule has 0 saturated carbocycles. The van der Waals surface area contributed by atoms with Crippen molar-refractivity contribution in [2.75, 3.05) is 14.2 Å². The summed E-state index contributed by atoms with van der Waals surface area (Å²) in [7, 11) is 3.13. The summed E-state index contributed by atoms with van der Waals surface area (Å²) in [4.78, 5) is 25.6. The van der Waals surface area contributed by atoms with Crippen molar-refractivity contribution in [3.63, 3.8) is 0 Å². The molecule has 0 aliphatic rings. The lowest BCUT2D eigenvalue weighted by Gasteiger charge is -2.20. The number of amides is 2. The van der Waals surface area contributed by atoms with E-state index >= 15 is 0 Å². The van der Waals surface area contributed by atoms with E-state index in [4.69, 9.17) is 14.2 Å². The molecule has 2 N–H and O–H groups in total. The monoisotopic (exact) mass is 522 g/mol. The molecule has 3 rings (SSSR count). The van der Waals surface area contributed by atoms with Gasteiger partial charge in [0.15, 0.2) is 0 Å². The minimum absolute atomic E-state index is 0.145. The fourth-order valence-corrected chi connectivity index (χ4v) is 3.96. The van der Waals surface area contributed by atoms with Crippen molar-refractivity contribution in [1.82, 2.24) is 10.6 Å². The van der Waals surface area contributed by atoms with Gasteiger partial charge in [-0.3, -0.25) is 4.79 Å². The number of alkyl carbamates (subject to hydrolysis) is 1. The molecular weight excluding hydrogens is 487 g/mol. The van der Waals surface area contributed by atoms with E-state index in [-0.39, 0.29) is 24.3 Å². The topological polar surface area (TPSA) is 85.9 Å². The molecule has 0 heterocycles. The molecular formula is C30H35FN2O5. The largest absolute Gasteiger partial charge is 0.497 e. The number of methoxy groups -OCH3 is 2. The zero-order valence-electron chi connectivity index (χ0n) is 22.9. The number of rotatable bonds is 8. The first-order valence-electron chi connectivity index (χ1n) is 12.3. The first kappa shape index (κ1) is 28.5. The lowest BCUT2D eigenvalue weighted by molar-refractivity contribution is 0.0523. The Balaban J connectivity index is 1.92. The van der Waals surface area contributed by atoms with Gasteiger partial charge in [0.1, 0.15) is 22.9 Å². The highest BCUT2D eigenvalue weighted by molar-refractivity contribution is 5.96. The van der Waals surface area contributed by atoms with Gasteiger partial charge in [-0.25, -0.2) is 9.18 Å². The van der Waals surface area contributed by atoms with Crippen LogP contribution in [0.3, 0.4) is 0 Å². The number of carbonyl (C=O) groups is 2. The third-order valence-corrected chi connectivity index (χ3v) is 5.81. The maximum Gasteiger partial charge on any atom is 0.407 e. The fraction of sp³-hybridized carbons (Fsp3) is 0.333. The van der Waals surface area contributed by atoms with E-state index in [9.17, 15) is 14.0 Å². The van der Waals surface area contributed by atoms with Gasteiger partial charge in [-0.15, -0.1) is 0 Å². The Kier molecular flexibility index (Phi) is 8.99. The molecule has 0 aromatic heterocycles. The van der Waals surface area contributed by atoms with Crippen LogP contribution in [0.25, 0.3) is 11.1 Å². The summed E-state index contributed by atoms with van der Waals surface area (Å²) in [6, 6.07) is 14.9. The minimum Gasteiger partial charge on any atom is -0.497 e. The van der Waals surface area contributed by atoms with Crippen molar-refractivity contribution in [2.45, 2.75) is 52.8 Å². The summed E-state index contributed by atoms with van der Waals surface area (Å²) in [6.07, 6.45) is -0.563. The molecule has 8 heteroatoms. The molecule has 0 spiro atoms. The SMILES string of the molecule is COc1cc(OC)cc(C(C)NC(=O)c2cc(CNC(=O)OC(C)(C)C)cc(-c3ccc(F)cc3C)c2)c1. The third-order valence-electron chi connectivity index (χ3n) is 5.81. The van der Waals surface area contributed by atoms with Crippen LogP contribution in [0.15, 0.2) is 54.6 Å². The molecule has 202 valence electrons. The number of halogens is 1. The van der Waals surface area contributed by atoms with Gasteiger partial charge < -0.3 is 24.8 Å². The van der Waals surface area contributed by atoms with Crippen LogP contribution < -0.4 is 20.1 Å². The van der Waals surface area contributed by atoms with Crippen LogP contribution in [0.2, 0.25) is 0 Å². The average Bonchev–Trinajstić information content (AvgIpc) is 2.85. The Hall–Kier alpha value is -4.07. The Morgan fingerprint density at radius 2 is 1.61 bits per heavy atom. The lowest BCUT2D eigenvalue weighted by Crippen LogP contribution is -2.32. The zero-order valence-corrected chi connectivity index (χ0v) is 22.9. The number of nitrogens with one attached hydrogen (secondary N) is 2. The molecule has 0 aliphatic carbocycles. The van der Waals surface area contributed by atoms with E-state index in [1.54, 1.807) is 59.3 Å². The molecule has 7 nitrogen and oxygen atoms in total. The number of hydrogen-bond donors (Lipinski definition) is 2. The number of ether oxygens (including phenoxy) is 3. The lowest BCUT2D eigenvalue weighted by atomic mass is 9.96. The Bertz CT molecular complexity index is 1290. The minimum atomic E-state index is -0.638. The molecule has 0 saturated heterocycles. The molecule has 0 bridgehead atoms. The average molecular weight is 523 g/mol. The smallest absolute Gasteiger partial charge is 0.407 e. The van der Waals surface area contributed by atoms with Crippen LogP contribution in [0, 0.1) is 12.7 Å². The van der Waals surface area contributed by atoms with Crippen molar-refractivity contribution >= 4 is 12.0 Å². The summed E-state index contributed by atoms with van der Waals surface area (Å²) >= 11 is 0. The molecule has 0 fully saturated rings. The van der Waals surface area contributed by atoms with Gasteiger partial charge in [-0.2, -0.15) is 0 Å². The van der Waals surface area contributed by atoms with Crippen LogP contribution in [-0.2, 0) is 11.3 Å². The second kappa shape index (κ2) is 12.0. The van der Waals surface area contributed by atoms with E-state index in [1.165, 1.54) is 12.1 Å². The van der Waals surface area contributed by atoms with Gasteiger partial charge in [0.2, 0.25) is 0 Å². The van der Waals surface area contributed by atoms with Gasteiger partial charge in [0, 0.05) is 18.2 Å². The molecule has 38 heavy (non-hydrogen) atoms. The summed E-state index contributed by atoms with van der Waals surface area (Å²) < 4.78 is 29.8. The Morgan fingerprint density at radius 1 is 0.947 bits per heavy atom. The molecule has 0 aliphatic heterocycles. The van der Waals surface area contributed by atoms with Crippen LogP contribution in [0.1, 0.15) is 60.8 Å². The number of benzene rings is 3. The Morgan fingerprint density at radius 3 is 2.18 bits per heavy atom. The molecule has 1 atom stereocenters. The maximum atomic E-state index is 13.8. The Labute approximate surface area is 223 Å². The molecule has 3 aromatic carbocycles.